The Morgan fingerprint density at radius 1 is 1.23 bits per heavy atom. The smallest absolute Gasteiger partial charge is 0.324 e. The van der Waals surface area contributed by atoms with Crippen LogP contribution >= 0.6 is 0 Å². The van der Waals surface area contributed by atoms with Gasteiger partial charge in [0.15, 0.2) is 6.04 Å². The zero-order chi connectivity index (χ0) is 18.9. The van der Waals surface area contributed by atoms with Gasteiger partial charge in [-0.1, -0.05) is 12.1 Å². The van der Waals surface area contributed by atoms with Gasteiger partial charge in [-0.15, -0.1) is 0 Å². The van der Waals surface area contributed by atoms with Crippen molar-refractivity contribution in [3.63, 3.8) is 0 Å². The van der Waals surface area contributed by atoms with Crippen molar-refractivity contribution >= 4 is 22.0 Å². The van der Waals surface area contributed by atoms with E-state index in [1.54, 1.807) is 6.92 Å². The summed E-state index contributed by atoms with van der Waals surface area (Å²) in [5, 5.41) is 2.59. The number of piperazine rings is 1. The Kier molecular flexibility index (Phi) is 5.26. The summed E-state index contributed by atoms with van der Waals surface area (Å²) < 4.78 is 40.3. The molecule has 0 radical (unpaired) electrons. The predicted octanol–water partition coefficient (Wildman–Crippen LogP) is -1.34. The number of nitrogens with one attached hydrogen (secondary N) is 2. The van der Waals surface area contributed by atoms with Crippen molar-refractivity contribution in [1.82, 2.24) is 14.5 Å². The molecule has 1 aromatic rings. The molecule has 2 saturated heterocycles. The van der Waals surface area contributed by atoms with Gasteiger partial charge in [0.2, 0.25) is 10.0 Å². The molecule has 3 rings (SSSR count). The van der Waals surface area contributed by atoms with Crippen LogP contribution in [0.15, 0.2) is 29.2 Å². The lowest BCUT2D eigenvalue weighted by atomic mass is 10.2. The van der Waals surface area contributed by atoms with Gasteiger partial charge in [-0.05, 0) is 19.1 Å². The van der Waals surface area contributed by atoms with Crippen molar-refractivity contribution in [1.29, 1.82) is 0 Å². The molecule has 1 aromatic carbocycles. The number of halogens is 1. The van der Waals surface area contributed by atoms with Gasteiger partial charge in [0, 0.05) is 13.1 Å². The van der Waals surface area contributed by atoms with Crippen LogP contribution in [0.25, 0.3) is 0 Å². The largest absolute Gasteiger partial charge is 0.336 e. The van der Waals surface area contributed by atoms with Gasteiger partial charge < -0.3 is 10.2 Å². The molecule has 26 heavy (non-hydrogen) atoms. The molecular formula is C16H22FN4O4S+. The van der Waals surface area contributed by atoms with Crippen molar-refractivity contribution in [3.05, 3.63) is 30.1 Å². The summed E-state index contributed by atoms with van der Waals surface area (Å²) in [4.78, 5) is 25.9. The minimum Gasteiger partial charge on any atom is -0.336 e. The second kappa shape index (κ2) is 7.29. The molecule has 0 saturated carbocycles. The Labute approximate surface area is 151 Å². The Bertz CT molecular complexity index is 808. The predicted molar refractivity (Wildman–Crippen MR) is 90.4 cm³/mol. The van der Waals surface area contributed by atoms with E-state index in [-0.39, 0.29) is 29.9 Å². The molecule has 142 valence electrons. The standard InChI is InChI=1S/C16H21FN4O4S/c1-12(15(22)21-7-6-18-16(21)23)19-8-10-20(11-9-19)26(24,25)14-5-3-2-4-13(14)17/h2-5,12H,6-11H2,1H3,(H,18,23)/p+1/t12-/m1/s1. The summed E-state index contributed by atoms with van der Waals surface area (Å²) in [5.41, 5.74) is 0. The molecule has 2 heterocycles. The number of hydrogen-bond acceptors (Lipinski definition) is 4. The highest BCUT2D eigenvalue weighted by Gasteiger charge is 2.38. The van der Waals surface area contributed by atoms with Crippen LogP contribution in [0, 0.1) is 5.82 Å². The third kappa shape index (κ3) is 3.44. The Balaban J connectivity index is 1.65. The third-order valence-electron chi connectivity index (χ3n) is 4.92. The Morgan fingerprint density at radius 3 is 2.46 bits per heavy atom. The number of hydrogen-bond donors (Lipinski definition) is 2. The van der Waals surface area contributed by atoms with E-state index < -0.39 is 21.9 Å². The number of carbonyl (C=O) groups excluding carboxylic acids is 2. The van der Waals surface area contributed by atoms with E-state index in [4.69, 9.17) is 0 Å². The SMILES string of the molecule is C[C@H](C(=O)N1CCNC1=O)[NH+]1CCN(S(=O)(=O)c2ccccc2F)CC1. The van der Waals surface area contributed by atoms with Gasteiger partial charge in [0.25, 0.3) is 5.91 Å². The van der Waals surface area contributed by atoms with Crippen molar-refractivity contribution in [2.45, 2.75) is 17.9 Å². The second-order valence-electron chi connectivity index (χ2n) is 6.44. The fourth-order valence-corrected chi connectivity index (χ4v) is 4.84. The van der Waals surface area contributed by atoms with E-state index in [1.165, 1.54) is 27.4 Å². The van der Waals surface area contributed by atoms with Gasteiger partial charge >= 0.3 is 6.03 Å². The van der Waals surface area contributed by atoms with E-state index in [1.807, 2.05) is 0 Å². The topological polar surface area (TPSA) is 91.2 Å². The lowest BCUT2D eigenvalue weighted by Gasteiger charge is -2.34. The molecule has 8 nitrogen and oxygen atoms in total. The van der Waals surface area contributed by atoms with E-state index in [9.17, 15) is 22.4 Å². The lowest BCUT2D eigenvalue weighted by molar-refractivity contribution is -0.917. The molecule has 3 amide bonds. The number of quaternary nitrogens is 1. The molecule has 2 aliphatic rings. The van der Waals surface area contributed by atoms with E-state index >= 15 is 0 Å². The van der Waals surface area contributed by atoms with Gasteiger partial charge in [-0.25, -0.2) is 17.6 Å². The summed E-state index contributed by atoms with van der Waals surface area (Å²) in [5.74, 6) is -1.04. The average molecular weight is 385 g/mol. The highest BCUT2D eigenvalue weighted by molar-refractivity contribution is 7.89. The molecule has 2 fully saturated rings. The number of nitrogens with zero attached hydrogens (tertiary/aromatic N) is 2. The first-order valence-corrected chi connectivity index (χ1v) is 9.95. The van der Waals surface area contributed by atoms with Crippen molar-refractivity contribution in [3.8, 4) is 0 Å². The number of amides is 3. The third-order valence-corrected chi connectivity index (χ3v) is 6.86. The summed E-state index contributed by atoms with van der Waals surface area (Å²) >= 11 is 0. The van der Waals surface area contributed by atoms with Gasteiger partial charge in [-0.2, -0.15) is 4.31 Å². The van der Waals surface area contributed by atoms with Crippen LogP contribution in [0.3, 0.4) is 0 Å². The molecule has 10 heteroatoms. The number of carbonyl (C=O) groups is 2. The summed E-state index contributed by atoms with van der Waals surface area (Å²) in [6.45, 7) is 3.74. The van der Waals surface area contributed by atoms with Crippen LogP contribution in [0.4, 0.5) is 9.18 Å². The van der Waals surface area contributed by atoms with E-state index in [0.717, 1.165) is 11.0 Å². The van der Waals surface area contributed by atoms with Gasteiger partial charge in [0.1, 0.15) is 10.7 Å². The zero-order valence-corrected chi connectivity index (χ0v) is 15.3. The maximum Gasteiger partial charge on any atom is 0.324 e. The second-order valence-corrected chi connectivity index (χ2v) is 8.34. The average Bonchev–Trinajstić information content (AvgIpc) is 3.06. The highest BCUT2D eigenvalue weighted by atomic mass is 32.2. The summed E-state index contributed by atoms with van der Waals surface area (Å²) in [6.07, 6.45) is 0. The van der Waals surface area contributed by atoms with Crippen LogP contribution < -0.4 is 10.2 Å². The molecule has 0 bridgehead atoms. The highest BCUT2D eigenvalue weighted by Crippen LogP contribution is 2.18. The van der Waals surface area contributed by atoms with E-state index in [2.05, 4.69) is 5.32 Å². The number of imide groups is 1. The number of urea groups is 1. The van der Waals surface area contributed by atoms with Crippen LogP contribution in [0.2, 0.25) is 0 Å². The normalized spacial score (nSPS) is 20.8. The Morgan fingerprint density at radius 2 is 1.88 bits per heavy atom. The summed E-state index contributed by atoms with van der Waals surface area (Å²) in [6, 6.07) is 4.47. The lowest BCUT2D eigenvalue weighted by Crippen LogP contribution is -3.19. The Hall–Kier alpha value is -2.04. The molecule has 2 N–H and O–H groups in total. The minimum atomic E-state index is -3.90. The van der Waals surface area contributed by atoms with E-state index in [0.29, 0.717) is 26.2 Å². The number of benzene rings is 1. The number of sulfonamides is 1. The molecule has 0 aliphatic carbocycles. The van der Waals surface area contributed by atoms with Crippen LogP contribution in [0.5, 0.6) is 0 Å². The molecule has 1 atom stereocenters. The molecule has 0 aromatic heterocycles. The maximum atomic E-state index is 13.9. The molecule has 0 spiro atoms. The monoisotopic (exact) mass is 385 g/mol. The van der Waals surface area contributed by atoms with Crippen molar-refractivity contribution in [2.75, 3.05) is 39.3 Å². The molecular weight excluding hydrogens is 363 g/mol. The summed E-state index contributed by atoms with van der Waals surface area (Å²) in [7, 11) is -3.90. The molecule has 0 unspecified atom stereocenters. The quantitative estimate of drug-likeness (QED) is 0.671. The first kappa shape index (κ1) is 18.7. The molecule has 2 aliphatic heterocycles. The van der Waals surface area contributed by atoms with Crippen LogP contribution in [-0.4, -0.2) is 74.9 Å². The number of rotatable bonds is 4. The van der Waals surface area contributed by atoms with Crippen LogP contribution in [0.1, 0.15) is 6.92 Å². The minimum absolute atomic E-state index is 0.190. The van der Waals surface area contributed by atoms with Gasteiger partial charge in [-0.3, -0.25) is 9.69 Å². The fourth-order valence-electron chi connectivity index (χ4n) is 3.33. The van der Waals surface area contributed by atoms with Gasteiger partial charge in [0.05, 0.1) is 26.2 Å². The fraction of sp³-hybridized carbons (Fsp3) is 0.500. The first-order chi connectivity index (χ1) is 12.3. The van der Waals surface area contributed by atoms with Crippen molar-refractivity contribution < 1.29 is 27.3 Å². The maximum absolute atomic E-state index is 13.9. The van der Waals surface area contributed by atoms with Crippen molar-refractivity contribution in [2.24, 2.45) is 0 Å². The zero-order valence-electron chi connectivity index (χ0n) is 14.4. The first-order valence-electron chi connectivity index (χ1n) is 8.51. The van der Waals surface area contributed by atoms with Crippen LogP contribution in [-0.2, 0) is 14.8 Å².